The van der Waals surface area contributed by atoms with Crippen molar-refractivity contribution in [2.24, 2.45) is 0 Å². The Labute approximate surface area is 149 Å². The van der Waals surface area contributed by atoms with Gasteiger partial charge < -0.3 is 10.2 Å². The number of nitrogens with zero attached hydrogens (tertiary/aromatic N) is 3. The fraction of sp³-hybridized carbons (Fsp3) is 0.0588. The monoisotopic (exact) mass is 377 g/mol. The Bertz CT molecular complexity index is 1020. The molecule has 1 heterocycles. The third kappa shape index (κ3) is 3.50. The lowest BCUT2D eigenvalue weighted by Crippen LogP contribution is -2.08. The Morgan fingerprint density at radius 2 is 1.56 bits per heavy atom. The van der Waals surface area contributed by atoms with E-state index in [1.807, 2.05) is 0 Å². The predicted octanol–water partition coefficient (Wildman–Crippen LogP) is 4.15. The highest BCUT2D eigenvalue weighted by atomic mass is 19.4. The second-order valence-corrected chi connectivity index (χ2v) is 5.45. The molecule has 138 valence electrons. The molecule has 0 aliphatic rings. The first-order valence-corrected chi connectivity index (χ1v) is 7.38. The Kier molecular flexibility index (Phi) is 4.40. The third-order valence-electron chi connectivity index (χ3n) is 3.73. The number of nitro benzene ring substituents is 1. The second-order valence-electron chi connectivity index (χ2n) is 5.45. The van der Waals surface area contributed by atoms with Gasteiger partial charge in [-0.3, -0.25) is 10.1 Å². The maximum Gasteiger partial charge on any atom is 0.417 e. The zero-order valence-electron chi connectivity index (χ0n) is 13.3. The van der Waals surface area contributed by atoms with Crippen LogP contribution in [0, 0.1) is 10.1 Å². The number of aromatic hydroxyl groups is 2. The molecule has 0 bridgehead atoms. The van der Waals surface area contributed by atoms with Crippen LogP contribution in [-0.2, 0) is 6.18 Å². The SMILES string of the molecule is O=[N+]([O-])c1cc(O)c(O)cc1-c1cnc(-c2ccccc2C(F)(F)F)nc1. The van der Waals surface area contributed by atoms with Crippen LogP contribution < -0.4 is 0 Å². The number of rotatable bonds is 3. The van der Waals surface area contributed by atoms with Crippen molar-refractivity contribution in [2.45, 2.75) is 6.18 Å². The van der Waals surface area contributed by atoms with Gasteiger partial charge in [-0.25, -0.2) is 9.97 Å². The number of hydrogen-bond donors (Lipinski definition) is 2. The van der Waals surface area contributed by atoms with Gasteiger partial charge in [0.25, 0.3) is 5.69 Å². The summed E-state index contributed by atoms with van der Waals surface area (Å²) in [7, 11) is 0. The minimum atomic E-state index is -4.60. The van der Waals surface area contributed by atoms with Crippen LogP contribution >= 0.6 is 0 Å². The third-order valence-corrected chi connectivity index (χ3v) is 3.73. The van der Waals surface area contributed by atoms with Gasteiger partial charge in [-0.05, 0) is 12.1 Å². The molecular weight excluding hydrogens is 367 g/mol. The molecule has 0 spiro atoms. The lowest BCUT2D eigenvalue weighted by molar-refractivity contribution is -0.384. The van der Waals surface area contributed by atoms with Crippen LogP contribution in [0.4, 0.5) is 18.9 Å². The summed E-state index contributed by atoms with van der Waals surface area (Å²) in [6, 6.07) is 6.48. The highest BCUT2D eigenvalue weighted by Gasteiger charge is 2.34. The van der Waals surface area contributed by atoms with Gasteiger partial charge >= 0.3 is 6.18 Å². The van der Waals surface area contributed by atoms with Crippen molar-refractivity contribution in [2.75, 3.05) is 0 Å². The second kappa shape index (κ2) is 6.56. The van der Waals surface area contributed by atoms with Gasteiger partial charge in [0.2, 0.25) is 0 Å². The zero-order chi connectivity index (χ0) is 19.8. The molecule has 0 saturated carbocycles. The normalized spacial score (nSPS) is 11.4. The molecule has 0 aliphatic heterocycles. The maximum atomic E-state index is 13.1. The van der Waals surface area contributed by atoms with Crippen LogP contribution in [0.1, 0.15) is 5.56 Å². The molecular formula is C17H10F3N3O4. The Hall–Kier alpha value is -3.69. The number of nitro groups is 1. The Balaban J connectivity index is 2.09. The number of alkyl halides is 3. The van der Waals surface area contributed by atoms with Gasteiger partial charge in [-0.2, -0.15) is 13.2 Å². The summed E-state index contributed by atoms with van der Waals surface area (Å²) in [4.78, 5) is 18.1. The minimum Gasteiger partial charge on any atom is -0.504 e. The van der Waals surface area contributed by atoms with E-state index in [2.05, 4.69) is 9.97 Å². The van der Waals surface area contributed by atoms with Gasteiger partial charge in [-0.1, -0.05) is 18.2 Å². The number of phenols is 2. The molecule has 7 nitrogen and oxygen atoms in total. The van der Waals surface area contributed by atoms with E-state index in [1.165, 1.54) is 18.2 Å². The van der Waals surface area contributed by atoms with Gasteiger partial charge in [0, 0.05) is 23.5 Å². The van der Waals surface area contributed by atoms with Crippen LogP contribution in [0.5, 0.6) is 11.5 Å². The summed E-state index contributed by atoms with van der Waals surface area (Å²) >= 11 is 0. The highest BCUT2D eigenvalue weighted by Crippen LogP contribution is 2.39. The van der Waals surface area contributed by atoms with Crippen LogP contribution in [0.15, 0.2) is 48.8 Å². The van der Waals surface area contributed by atoms with Crippen molar-refractivity contribution in [1.29, 1.82) is 0 Å². The molecule has 27 heavy (non-hydrogen) atoms. The van der Waals surface area contributed by atoms with Gasteiger partial charge in [-0.15, -0.1) is 0 Å². The van der Waals surface area contributed by atoms with E-state index in [0.29, 0.717) is 0 Å². The number of aromatic nitrogens is 2. The van der Waals surface area contributed by atoms with E-state index >= 15 is 0 Å². The summed E-state index contributed by atoms with van der Waals surface area (Å²) in [6.07, 6.45) is -2.39. The fourth-order valence-corrected chi connectivity index (χ4v) is 2.48. The molecule has 10 heteroatoms. The summed E-state index contributed by atoms with van der Waals surface area (Å²) in [6.45, 7) is 0. The molecule has 0 aliphatic carbocycles. The first-order valence-electron chi connectivity index (χ1n) is 7.38. The maximum absolute atomic E-state index is 13.1. The average Bonchev–Trinajstić information content (AvgIpc) is 2.63. The standard InChI is InChI=1S/C17H10F3N3O4/c18-17(19,20)12-4-2-1-3-10(12)16-21-7-9(8-22-16)11-5-14(24)15(25)6-13(11)23(26)27/h1-8,24-25H. The fourth-order valence-electron chi connectivity index (χ4n) is 2.48. The molecule has 0 fully saturated rings. The van der Waals surface area contributed by atoms with Crippen molar-refractivity contribution in [1.82, 2.24) is 9.97 Å². The summed E-state index contributed by atoms with van der Waals surface area (Å²) in [5.41, 5.74) is -1.67. The molecule has 0 saturated heterocycles. The van der Waals surface area contributed by atoms with E-state index in [1.54, 1.807) is 0 Å². The molecule has 3 rings (SSSR count). The largest absolute Gasteiger partial charge is 0.504 e. The molecule has 1 aromatic heterocycles. The first-order chi connectivity index (χ1) is 12.7. The van der Waals surface area contributed by atoms with Crippen molar-refractivity contribution in [3.05, 3.63) is 64.5 Å². The van der Waals surface area contributed by atoms with Crippen LogP contribution in [0.3, 0.4) is 0 Å². The van der Waals surface area contributed by atoms with E-state index < -0.39 is 33.8 Å². The lowest BCUT2D eigenvalue weighted by atomic mass is 10.0. The summed E-state index contributed by atoms with van der Waals surface area (Å²) < 4.78 is 39.4. The average molecular weight is 377 g/mol. The van der Waals surface area contributed by atoms with E-state index in [-0.39, 0.29) is 22.5 Å². The van der Waals surface area contributed by atoms with E-state index in [4.69, 9.17) is 0 Å². The molecule has 3 aromatic rings. The van der Waals surface area contributed by atoms with Gasteiger partial charge in [0.1, 0.15) is 0 Å². The minimum absolute atomic E-state index is 0.0882. The number of benzene rings is 2. The summed E-state index contributed by atoms with van der Waals surface area (Å²) in [5.74, 6) is -1.48. The number of halogens is 3. The topological polar surface area (TPSA) is 109 Å². The van der Waals surface area contributed by atoms with Crippen molar-refractivity contribution < 1.29 is 28.3 Å². The number of hydrogen-bond acceptors (Lipinski definition) is 6. The Morgan fingerprint density at radius 1 is 0.963 bits per heavy atom. The molecule has 2 aromatic carbocycles. The molecule has 0 radical (unpaired) electrons. The van der Waals surface area contributed by atoms with Crippen molar-refractivity contribution in [3.8, 4) is 34.0 Å². The predicted molar refractivity (Wildman–Crippen MR) is 87.9 cm³/mol. The summed E-state index contributed by atoms with van der Waals surface area (Å²) in [5, 5.41) is 30.2. The van der Waals surface area contributed by atoms with E-state index in [9.17, 15) is 33.5 Å². The smallest absolute Gasteiger partial charge is 0.417 e. The van der Waals surface area contributed by atoms with Crippen LogP contribution in [0.25, 0.3) is 22.5 Å². The van der Waals surface area contributed by atoms with E-state index in [0.717, 1.165) is 30.6 Å². The Morgan fingerprint density at radius 3 is 2.15 bits per heavy atom. The molecule has 2 N–H and O–H groups in total. The molecule has 0 atom stereocenters. The molecule has 0 amide bonds. The van der Waals surface area contributed by atoms with Crippen LogP contribution in [-0.4, -0.2) is 25.1 Å². The zero-order valence-corrected chi connectivity index (χ0v) is 13.3. The molecule has 0 unspecified atom stereocenters. The van der Waals surface area contributed by atoms with Crippen molar-refractivity contribution >= 4 is 5.69 Å². The highest BCUT2D eigenvalue weighted by molar-refractivity contribution is 5.76. The first kappa shape index (κ1) is 18.1. The number of phenolic OH excluding ortho intramolecular Hbond substituents is 2. The van der Waals surface area contributed by atoms with Gasteiger partial charge in [0.05, 0.1) is 22.1 Å². The lowest BCUT2D eigenvalue weighted by Gasteiger charge is -2.12. The van der Waals surface area contributed by atoms with Crippen molar-refractivity contribution in [3.63, 3.8) is 0 Å². The van der Waals surface area contributed by atoms with Crippen LogP contribution in [0.2, 0.25) is 0 Å². The van der Waals surface area contributed by atoms with Gasteiger partial charge in [0.15, 0.2) is 17.3 Å². The quantitative estimate of drug-likeness (QED) is 0.403.